The Hall–Kier alpha value is -1.16. The van der Waals surface area contributed by atoms with Gasteiger partial charge in [0, 0.05) is 19.1 Å². The van der Waals surface area contributed by atoms with E-state index in [9.17, 15) is 13.2 Å². The Kier molecular flexibility index (Phi) is 3.63. The zero-order chi connectivity index (χ0) is 11.5. The molecule has 4 heteroatoms. The monoisotopic (exact) mass is 226 g/mol. The highest BCUT2D eigenvalue weighted by Gasteiger charge is 2.13. The molecule has 0 heterocycles. The van der Waals surface area contributed by atoms with Gasteiger partial charge in [0.15, 0.2) is 9.84 Å². The van der Waals surface area contributed by atoms with Crippen molar-refractivity contribution in [2.24, 2.45) is 0 Å². The molecule has 0 aliphatic heterocycles. The fraction of sp³-hybridized carbons (Fsp3) is 0.364. The van der Waals surface area contributed by atoms with Crippen LogP contribution in [0.25, 0.3) is 0 Å². The van der Waals surface area contributed by atoms with Gasteiger partial charge in [0.1, 0.15) is 5.78 Å². The number of Topliss-reactive ketones (excluding diaryl/α,β-unsaturated/α-hetero) is 1. The fourth-order valence-electron chi connectivity index (χ4n) is 1.35. The lowest BCUT2D eigenvalue weighted by Gasteiger charge is -2.05. The van der Waals surface area contributed by atoms with Gasteiger partial charge in [-0.05, 0) is 11.6 Å². The summed E-state index contributed by atoms with van der Waals surface area (Å²) in [5, 5.41) is 0. The summed E-state index contributed by atoms with van der Waals surface area (Å²) < 4.78 is 22.8. The maximum atomic E-state index is 11.4. The van der Waals surface area contributed by atoms with Gasteiger partial charge in [-0.15, -0.1) is 0 Å². The van der Waals surface area contributed by atoms with Crippen LogP contribution in [0.3, 0.4) is 0 Å². The molecule has 15 heavy (non-hydrogen) atoms. The standard InChI is InChI=1S/C11H14O3S/c1-3-10(12)8-9-6-4-5-7-11(9)15(2,13)14/h4-7H,3,8H2,1-2H3. The van der Waals surface area contributed by atoms with Crippen molar-refractivity contribution >= 4 is 15.6 Å². The third-order valence-corrected chi connectivity index (χ3v) is 3.35. The topological polar surface area (TPSA) is 51.2 Å². The first kappa shape index (κ1) is 11.9. The quantitative estimate of drug-likeness (QED) is 0.783. The predicted octanol–water partition coefficient (Wildman–Crippen LogP) is 1.61. The minimum Gasteiger partial charge on any atom is -0.299 e. The average molecular weight is 226 g/mol. The molecule has 0 unspecified atom stereocenters. The van der Waals surface area contributed by atoms with E-state index in [4.69, 9.17) is 0 Å². The summed E-state index contributed by atoms with van der Waals surface area (Å²) >= 11 is 0. The van der Waals surface area contributed by atoms with Gasteiger partial charge in [-0.25, -0.2) is 8.42 Å². The van der Waals surface area contributed by atoms with E-state index in [-0.39, 0.29) is 17.1 Å². The van der Waals surface area contributed by atoms with Crippen LogP contribution in [0.15, 0.2) is 29.2 Å². The van der Waals surface area contributed by atoms with Crippen molar-refractivity contribution in [1.82, 2.24) is 0 Å². The lowest BCUT2D eigenvalue weighted by molar-refractivity contribution is -0.118. The average Bonchev–Trinajstić information content (AvgIpc) is 2.17. The molecule has 0 atom stereocenters. The summed E-state index contributed by atoms with van der Waals surface area (Å²) in [5.74, 6) is 0.0473. The van der Waals surface area contributed by atoms with Crippen molar-refractivity contribution in [2.75, 3.05) is 6.26 Å². The minimum atomic E-state index is -3.24. The van der Waals surface area contributed by atoms with Crippen LogP contribution in [0.4, 0.5) is 0 Å². The highest BCUT2D eigenvalue weighted by Crippen LogP contribution is 2.16. The Balaban J connectivity index is 3.13. The van der Waals surface area contributed by atoms with Crippen LogP contribution in [-0.2, 0) is 21.1 Å². The second-order valence-corrected chi connectivity index (χ2v) is 5.43. The molecular formula is C11H14O3S. The van der Waals surface area contributed by atoms with Gasteiger partial charge in [0.2, 0.25) is 0 Å². The van der Waals surface area contributed by atoms with Gasteiger partial charge < -0.3 is 0 Å². The largest absolute Gasteiger partial charge is 0.299 e. The number of benzene rings is 1. The van der Waals surface area contributed by atoms with Crippen LogP contribution in [-0.4, -0.2) is 20.5 Å². The van der Waals surface area contributed by atoms with Crippen LogP contribution >= 0.6 is 0 Å². The molecule has 3 nitrogen and oxygen atoms in total. The lowest BCUT2D eigenvalue weighted by atomic mass is 10.1. The molecule has 0 saturated carbocycles. The van der Waals surface area contributed by atoms with Gasteiger partial charge in [-0.2, -0.15) is 0 Å². The molecule has 0 N–H and O–H groups in total. The maximum Gasteiger partial charge on any atom is 0.175 e. The number of hydrogen-bond acceptors (Lipinski definition) is 3. The van der Waals surface area contributed by atoms with Gasteiger partial charge >= 0.3 is 0 Å². The van der Waals surface area contributed by atoms with Crippen LogP contribution < -0.4 is 0 Å². The number of sulfone groups is 1. The van der Waals surface area contributed by atoms with Crippen molar-refractivity contribution in [2.45, 2.75) is 24.7 Å². The van der Waals surface area contributed by atoms with Gasteiger partial charge in [0.05, 0.1) is 4.90 Å². The van der Waals surface area contributed by atoms with Crippen LogP contribution in [0.1, 0.15) is 18.9 Å². The van der Waals surface area contributed by atoms with E-state index < -0.39 is 9.84 Å². The zero-order valence-corrected chi connectivity index (χ0v) is 9.67. The third kappa shape index (κ3) is 3.16. The Labute approximate surface area is 90.0 Å². The van der Waals surface area contributed by atoms with Gasteiger partial charge in [0.25, 0.3) is 0 Å². The third-order valence-electron chi connectivity index (χ3n) is 2.15. The lowest BCUT2D eigenvalue weighted by Crippen LogP contribution is -2.07. The normalized spacial score (nSPS) is 11.3. The van der Waals surface area contributed by atoms with Crippen molar-refractivity contribution in [3.05, 3.63) is 29.8 Å². The van der Waals surface area contributed by atoms with Crippen LogP contribution in [0.2, 0.25) is 0 Å². The summed E-state index contributed by atoms with van der Waals surface area (Å²) in [6.07, 6.45) is 1.78. The van der Waals surface area contributed by atoms with Crippen molar-refractivity contribution in [1.29, 1.82) is 0 Å². The Morgan fingerprint density at radius 1 is 1.27 bits per heavy atom. The van der Waals surface area contributed by atoms with E-state index in [1.54, 1.807) is 25.1 Å². The summed E-state index contributed by atoms with van der Waals surface area (Å²) in [7, 11) is -3.24. The molecule has 0 aliphatic rings. The number of carbonyl (C=O) groups is 1. The molecular weight excluding hydrogens is 212 g/mol. The van der Waals surface area contributed by atoms with Crippen LogP contribution in [0.5, 0.6) is 0 Å². The second-order valence-electron chi connectivity index (χ2n) is 3.45. The van der Waals surface area contributed by atoms with E-state index in [1.807, 2.05) is 0 Å². The van der Waals surface area contributed by atoms with Crippen molar-refractivity contribution < 1.29 is 13.2 Å². The summed E-state index contributed by atoms with van der Waals surface area (Å²) in [4.78, 5) is 11.5. The first-order valence-corrected chi connectivity index (χ1v) is 6.64. The molecule has 0 fully saturated rings. The molecule has 0 bridgehead atoms. The molecule has 0 aromatic heterocycles. The smallest absolute Gasteiger partial charge is 0.175 e. The fourth-order valence-corrected chi connectivity index (χ4v) is 2.29. The molecule has 0 saturated heterocycles. The van der Waals surface area contributed by atoms with E-state index in [2.05, 4.69) is 0 Å². The predicted molar refractivity (Wildman–Crippen MR) is 58.6 cm³/mol. The molecule has 0 aliphatic carbocycles. The SMILES string of the molecule is CCC(=O)Cc1ccccc1S(C)(=O)=O. The van der Waals surface area contributed by atoms with Crippen molar-refractivity contribution in [3.8, 4) is 0 Å². The summed E-state index contributed by atoms with van der Waals surface area (Å²) in [5.41, 5.74) is 0.590. The first-order valence-electron chi connectivity index (χ1n) is 4.74. The number of carbonyl (C=O) groups excluding carboxylic acids is 1. The summed E-state index contributed by atoms with van der Waals surface area (Å²) in [6.45, 7) is 1.77. The van der Waals surface area contributed by atoms with E-state index in [1.165, 1.54) is 6.07 Å². The molecule has 82 valence electrons. The first-order chi connectivity index (χ1) is 6.95. The van der Waals surface area contributed by atoms with Crippen molar-refractivity contribution in [3.63, 3.8) is 0 Å². The summed E-state index contributed by atoms with van der Waals surface area (Å²) in [6, 6.07) is 6.63. The second kappa shape index (κ2) is 4.57. The molecule has 1 aromatic rings. The molecule has 0 radical (unpaired) electrons. The van der Waals surface area contributed by atoms with Gasteiger partial charge in [-0.1, -0.05) is 25.1 Å². The highest BCUT2D eigenvalue weighted by atomic mass is 32.2. The maximum absolute atomic E-state index is 11.4. The van der Waals surface area contributed by atoms with E-state index >= 15 is 0 Å². The number of ketones is 1. The Morgan fingerprint density at radius 2 is 1.87 bits per heavy atom. The molecule has 0 amide bonds. The molecule has 1 rings (SSSR count). The van der Waals surface area contributed by atoms with Gasteiger partial charge in [-0.3, -0.25) is 4.79 Å². The van der Waals surface area contributed by atoms with Crippen LogP contribution in [0, 0.1) is 0 Å². The molecule has 0 spiro atoms. The molecule has 1 aromatic carbocycles. The van der Waals surface area contributed by atoms with E-state index in [0.29, 0.717) is 12.0 Å². The van der Waals surface area contributed by atoms with E-state index in [0.717, 1.165) is 6.26 Å². The number of hydrogen-bond donors (Lipinski definition) is 0. The highest BCUT2D eigenvalue weighted by molar-refractivity contribution is 7.90. The zero-order valence-electron chi connectivity index (χ0n) is 8.86. The Bertz CT molecular complexity index is 460. The minimum absolute atomic E-state index is 0.0473. The number of rotatable bonds is 4. The Morgan fingerprint density at radius 3 is 2.40 bits per heavy atom.